The second-order valence-corrected chi connectivity index (χ2v) is 6.77. The van der Waals surface area contributed by atoms with Crippen molar-refractivity contribution in [1.29, 1.82) is 0 Å². The summed E-state index contributed by atoms with van der Waals surface area (Å²) in [6.07, 6.45) is 1.83. The van der Waals surface area contributed by atoms with Gasteiger partial charge in [-0.15, -0.1) is 0 Å². The van der Waals surface area contributed by atoms with Gasteiger partial charge < -0.3 is 4.57 Å². The van der Waals surface area contributed by atoms with Crippen LogP contribution in [0.3, 0.4) is 0 Å². The summed E-state index contributed by atoms with van der Waals surface area (Å²) in [4.78, 5) is 12.9. The van der Waals surface area contributed by atoms with Crippen LogP contribution in [0.4, 0.5) is 4.39 Å². The van der Waals surface area contributed by atoms with Gasteiger partial charge in [0.05, 0.1) is 16.3 Å². The van der Waals surface area contributed by atoms with E-state index in [0.29, 0.717) is 10.6 Å². The van der Waals surface area contributed by atoms with Gasteiger partial charge in [-0.05, 0) is 61.9 Å². The number of hydrogen-bond donors (Lipinski definition) is 1. The monoisotopic (exact) mass is 373 g/mol. The topological polar surface area (TPSA) is 42.7 Å². The van der Waals surface area contributed by atoms with Gasteiger partial charge in [0.15, 0.2) is 0 Å². The Labute approximate surface area is 161 Å². The zero-order chi connectivity index (χ0) is 19.8. The molecule has 0 fully saturated rings. The van der Waals surface area contributed by atoms with Crippen LogP contribution < -0.4 is 16.1 Å². The van der Waals surface area contributed by atoms with Crippen LogP contribution in [0.1, 0.15) is 17.0 Å². The average molecular weight is 373 g/mol. The summed E-state index contributed by atoms with van der Waals surface area (Å²) in [5, 5.41) is 4.08. The molecule has 4 rings (SSSR count). The van der Waals surface area contributed by atoms with Crippen LogP contribution in [-0.2, 0) is 0 Å². The molecule has 0 radical (unpaired) electrons. The van der Waals surface area contributed by atoms with E-state index in [9.17, 15) is 9.18 Å². The van der Waals surface area contributed by atoms with Crippen LogP contribution in [0.5, 0.6) is 0 Å². The first kappa shape index (κ1) is 17.8. The molecule has 0 unspecified atom stereocenters. The van der Waals surface area contributed by atoms with E-state index < -0.39 is 0 Å². The van der Waals surface area contributed by atoms with E-state index in [-0.39, 0.29) is 11.4 Å². The fraction of sp³-hybridized carbons (Fsp3) is 0.0870. The van der Waals surface area contributed by atoms with Crippen LogP contribution >= 0.6 is 0 Å². The SMILES string of the molecule is C=c1[nH]n(-c2ccccc2)c(=O)/c1=C/c1cc(C)n(-c2cccc(F)c2)c1C. The number of rotatable bonds is 3. The number of nitrogens with zero attached hydrogens (tertiary/aromatic N) is 2. The maximum Gasteiger partial charge on any atom is 0.279 e. The Hall–Kier alpha value is -3.60. The lowest BCUT2D eigenvalue weighted by atomic mass is 10.2. The van der Waals surface area contributed by atoms with E-state index in [1.807, 2.05) is 67.0 Å². The van der Waals surface area contributed by atoms with Crippen molar-refractivity contribution in [2.75, 3.05) is 0 Å². The number of benzene rings is 2. The third kappa shape index (κ3) is 3.01. The first-order valence-electron chi connectivity index (χ1n) is 8.98. The van der Waals surface area contributed by atoms with Gasteiger partial charge in [-0.3, -0.25) is 9.89 Å². The Balaban J connectivity index is 1.88. The lowest BCUT2D eigenvalue weighted by Gasteiger charge is -2.09. The van der Waals surface area contributed by atoms with Gasteiger partial charge in [-0.25, -0.2) is 9.07 Å². The van der Waals surface area contributed by atoms with Crippen molar-refractivity contribution >= 4 is 12.7 Å². The van der Waals surface area contributed by atoms with E-state index in [0.717, 1.165) is 28.3 Å². The van der Waals surface area contributed by atoms with Crippen molar-refractivity contribution < 1.29 is 4.39 Å². The van der Waals surface area contributed by atoms with Gasteiger partial charge in [0, 0.05) is 17.1 Å². The Kier molecular flexibility index (Phi) is 4.35. The van der Waals surface area contributed by atoms with Crippen LogP contribution in [0.25, 0.3) is 24.0 Å². The number of halogens is 1. The molecule has 4 nitrogen and oxygen atoms in total. The Morgan fingerprint density at radius 1 is 1.00 bits per heavy atom. The molecule has 0 atom stereocenters. The summed E-state index contributed by atoms with van der Waals surface area (Å²) in [5.41, 5.74) is 4.12. The predicted octanol–water partition coefficient (Wildman–Crippen LogP) is 2.95. The third-order valence-electron chi connectivity index (χ3n) is 4.86. The minimum atomic E-state index is -0.285. The van der Waals surface area contributed by atoms with Crippen LogP contribution in [-0.4, -0.2) is 14.3 Å². The molecule has 0 saturated carbocycles. The smallest absolute Gasteiger partial charge is 0.279 e. The third-order valence-corrected chi connectivity index (χ3v) is 4.86. The number of aromatic amines is 1. The van der Waals surface area contributed by atoms with Gasteiger partial charge in [0.25, 0.3) is 5.56 Å². The number of aromatic nitrogens is 3. The van der Waals surface area contributed by atoms with Crippen LogP contribution in [0, 0.1) is 19.7 Å². The van der Waals surface area contributed by atoms with Gasteiger partial charge >= 0.3 is 0 Å². The molecule has 0 aliphatic carbocycles. The van der Waals surface area contributed by atoms with Crippen molar-refractivity contribution in [2.24, 2.45) is 0 Å². The van der Waals surface area contributed by atoms with Crippen molar-refractivity contribution in [3.8, 4) is 11.4 Å². The van der Waals surface area contributed by atoms with E-state index in [2.05, 4.69) is 11.7 Å². The second kappa shape index (κ2) is 6.85. The molecule has 1 N–H and O–H groups in total. The zero-order valence-electron chi connectivity index (χ0n) is 15.7. The highest BCUT2D eigenvalue weighted by Gasteiger charge is 2.11. The van der Waals surface area contributed by atoms with Gasteiger partial charge in [-0.1, -0.05) is 30.8 Å². The molecule has 2 heterocycles. The largest absolute Gasteiger partial charge is 0.318 e. The van der Waals surface area contributed by atoms with Crippen molar-refractivity contribution in [3.05, 3.63) is 104 Å². The summed E-state index contributed by atoms with van der Waals surface area (Å²) < 4.78 is 17.1. The molecule has 2 aromatic heterocycles. The first-order valence-corrected chi connectivity index (χ1v) is 8.98. The Bertz CT molecular complexity index is 1330. The molecule has 0 saturated heterocycles. The molecule has 5 heteroatoms. The first-order chi connectivity index (χ1) is 13.5. The number of nitrogens with one attached hydrogen (secondary N) is 1. The summed E-state index contributed by atoms with van der Waals surface area (Å²) in [5.74, 6) is -0.285. The number of hydrogen-bond acceptors (Lipinski definition) is 1. The standard InChI is InChI=1S/C23H20FN3O/c1-15-12-18(17(3)26(15)21-11-7-8-19(24)14-21)13-22-16(2)25-27(23(22)28)20-9-5-4-6-10-20/h4-14,25H,2H2,1,3H3/b22-13+. The molecule has 0 spiro atoms. The molecule has 0 aliphatic rings. The minimum Gasteiger partial charge on any atom is -0.318 e. The molecule has 0 amide bonds. The van der Waals surface area contributed by atoms with E-state index in [1.165, 1.54) is 16.8 Å². The van der Waals surface area contributed by atoms with Gasteiger partial charge in [-0.2, -0.15) is 0 Å². The highest BCUT2D eigenvalue weighted by molar-refractivity contribution is 5.56. The molecular weight excluding hydrogens is 353 g/mol. The number of aryl methyl sites for hydroxylation is 1. The molecule has 4 aromatic rings. The highest BCUT2D eigenvalue weighted by atomic mass is 19.1. The Morgan fingerprint density at radius 3 is 2.43 bits per heavy atom. The maximum atomic E-state index is 13.7. The van der Waals surface area contributed by atoms with Crippen LogP contribution in [0.2, 0.25) is 0 Å². The molecule has 140 valence electrons. The highest BCUT2D eigenvalue weighted by Crippen LogP contribution is 2.21. The second-order valence-electron chi connectivity index (χ2n) is 6.77. The fourth-order valence-corrected chi connectivity index (χ4v) is 3.50. The summed E-state index contributed by atoms with van der Waals surface area (Å²) >= 11 is 0. The van der Waals surface area contributed by atoms with Crippen molar-refractivity contribution in [3.63, 3.8) is 0 Å². The zero-order valence-corrected chi connectivity index (χ0v) is 15.7. The number of para-hydroxylation sites is 1. The fourth-order valence-electron chi connectivity index (χ4n) is 3.50. The van der Waals surface area contributed by atoms with Crippen molar-refractivity contribution in [2.45, 2.75) is 13.8 Å². The van der Waals surface area contributed by atoms with Gasteiger partial charge in [0.2, 0.25) is 0 Å². The van der Waals surface area contributed by atoms with Crippen molar-refractivity contribution in [1.82, 2.24) is 14.3 Å². The van der Waals surface area contributed by atoms with Gasteiger partial charge in [0.1, 0.15) is 5.82 Å². The lowest BCUT2D eigenvalue weighted by molar-refractivity contribution is 0.626. The van der Waals surface area contributed by atoms with E-state index in [4.69, 9.17) is 0 Å². The lowest BCUT2D eigenvalue weighted by Crippen LogP contribution is -2.34. The maximum absolute atomic E-state index is 13.7. The predicted molar refractivity (Wildman–Crippen MR) is 110 cm³/mol. The quantitative estimate of drug-likeness (QED) is 0.590. The molecule has 2 aromatic carbocycles. The molecule has 28 heavy (non-hydrogen) atoms. The summed E-state index contributed by atoms with van der Waals surface area (Å²) in [7, 11) is 0. The van der Waals surface area contributed by atoms with E-state index in [1.54, 1.807) is 6.07 Å². The van der Waals surface area contributed by atoms with E-state index >= 15 is 0 Å². The Morgan fingerprint density at radius 2 is 1.71 bits per heavy atom. The number of H-pyrrole nitrogens is 1. The van der Waals surface area contributed by atoms with Crippen LogP contribution in [0.15, 0.2) is 65.5 Å². The molecule has 0 aliphatic heterocycles. The minimum absolute atomic E-state index is 0.160. The molecular formula is C23H20FN3O. The normalized spacial score (nSPS) is 11.9. The summed E-state index contributed by atoms with van der Waals surface area (Å²) in [6, 6.07) is 17.8. The average Bonchev–Trinajstić information content (AvgIpc) is 3.12. The molecule has 0 bridgehead atoms. The summed E-state index contributed by atoms with van der Waals surface area (Å²) in [6.45, 7) is 7.90.